The number of halogens is 3. The van der Waals surface area contributed by atoms with E-state index >= 15 is 0 Å². The van der Waals surface area contributed by atoms with Crippen molar-refractivity contribution in [2.24, 2.45) is 0 Å². The fraction of sp³-hybridized carbons (Fsp3) is 0.0526. The van der Waals surface area contributed by atoms with Gasteiger partial charge in [0, 0.05) is 0 Å². The number of rotatable bonds is 18. The highest BCUT2D eigenvalue weighted by molar-refractivity contribution is 7.97. The van der Waals surface area contributed by atoms with Gasteiger partial charge in [0.05, 0.1) is 80.6 Å². The van der Waals surface area contributed by atoms with Crippen molar-refractivity contribution in [2.45, 2.75) is 79.5 Å². The molecule has 99 heavy (non-hydrogen) atoms. The van der Waals surface area contributed by atoms with E-state index in [1.54, 1.807) is 184 Å². The molecule has 1 aliphatic carbocycles. The number of hydrogen-bond donors (Lipinski definition) is 0. The maximum atomic E-state index is 14.1. The molecule has 0 radical (unpaired) electrons. The van der Waals surface area contributed by atoms with Crippen molar-refractivity contribution in [1.29, 1.82) is 0 Å². The number of fused-ring (bicyclic) bond motifs is 3. The topological polar surface area (TPSA) is 212 Å². The number of methoxy groups -OCH3 is 2. The van der Waals surface area contributed by atoms with Gasteiger partial charge in [-0.05, 0) is 240 Å². The van der Waals surface area contributed by atoms with Crippen LogP contribution in [-0.4, -0.2) is 66.4 Å². The zero-order valence-corrected chi connectivity index (χ0v) is 57.9. The van der Waals surface area contributed by atoms with Gasteiger partial charge in [0.15, 0.2) is 39.5 Å². The van der Waals surface area contributed by atoms with Crippen LogP contribution in [0.2, 0.25) is 0 Å². The predicted octanol–water partition coefficient (Wildman–Crippen LogP) is 15.6. The quantitative estimate of drug-likeness (QED) is 0.0445. The Bertz CT molecular complexity index is 4980. The van der Waals surface area contributed by atoms with Crippen LogP contribution in [0.25, 0.3) is 11.1 Å². The van der Waals surface area contributed by atoms with E-state index in [2.05, 4.69) is 60.7 Å². The van der Waals surface area contributed by atoms with Crippen LogP contribution in [0.5, 0.6) is 11.5 Å². The molecule has 13 rings (SSSR count). The van der Waals surface area contributed by atoms with Crippen molar-refractivity contribution >= 4 is 71.3 Å². The fourth-order valence-electron chi connectivity index (χ4n) is 11.8. The monoisotopic (exact) mass is 1460 g/mol. The third kappa shape index (κ3) is 13.5. The Balaban J connectivity index is 0.00000110. The zero-order valence-electron chi connectivity index (χ0n) is 52.2. The van der Waals surface area contributed by atoms with Crippen molar-refractivity contribution in [3.8, 4) is 22.6 Å². The van der Waals surface area contributed by atoms with E-state index in [4.69, 9.17) is 22.4 Å². The SMILES string of the molecule is COc1ccc(C2(c3ccc(OC)cc3)c3cc([S+](c4ccc(S(=O)(=O)c5ccccc5)cc4)c4ccc(S(=O)(=O)c5ccccc5)cc4)ccc3-c3ccc([S+](c4ccc(S(=O)(=O)c5ccccc5)cc4)c4ccc(S(=O)(=O)c5ccccc5)cc4)cc32)cc1.O=S(=O)([O-])C(F)(F)F. The molecule has 1 aliphatic rings. The highest BCUT2D eigenvalue weighted by atomic mass is 32.2. The largest absolute Gasteiger partial charge is 0.741 e. The summed E-state index contributed by atoms with van der Waals surface area (Å²) in [5, 5.41) is 0. The molecule has 0 N–H and O–H groups in total. The first kappa shape index (κ1) is 69.3. The number of ether oxygens (including phenoxy) is 2. The van der Waals surface area contributed by atoms with Crippen LogP contribution in [0, 0.1) is 0 Å². The molecule has 12 aromatic carbocycles. The summed E-state index contributed by atoms with van der Waals surface area (Å²) in [5.41, 5.74) is -1.26. The third-order valence-corrected chi connectivity index (χ3v) is 28.7. The van der Waals surface area contributed by atoms with Crippen LogP contribution in [0.4, 0.5) is 13.2 Å². The highest BCUT2D eigenvalue weighted by Crippen LogP contribution is 2.58. The molecule has 0 fully saturated rings. The molecular formula is C76H56F3O13S7+. The van der Waals surface area contributed by atoms with Crippen LogP contribution >= 0.6 is 0 Å². The second-order valence-corrected chi connectivity index (χ2v) is 35.5. The van der Waals surface area contributed by atoms with Crippen LogP contribution in [0.15, 0.2) is 372 Å². The molecule has 23 heteroatoms. The van der Waals surface area contributed by atoms with Gasteiger partial charge in [-0.2, -0.15) is 13.2 Å². The first-order valence-electron chi connectivity index (χ1n) is 30.0. The van der Waals surface area contributed by atoms with Crippen molar-refractivity contribution < 1.29 is 69.3 Å². The first-order valence-corrected chi connectivity index (χ1v) is 39.8. The maximum Gasteiger partial charge on any atom is 0.485 e. The van der Waals surface area contributed by atoms with Crippen molar-refractivity contribution in [1.82, 2.24) is 0 Å². The highest BCUT2D eigenvalue weighted by Gasteiger charge is 2.49. The van der Waals surface area contributed by atoms with Gasteiger partial charge in [-0.15, -0.1) is 0 Å². The summed E-state index contributed by atoms with van der Waals surface area (Å²) < 4.78 is 183. The predicted molar refractivity (Wildman–Crippen MR) is 370 cm³/mol. The second kappa shape index (κ2) is 27.6. The van der Waals surface area contributed by atoms with E-state index in [-0.39, 0.29) is 39.2 Å². The Morgan fingerprint density at radius 1 is 0.303 bits per heavy atom. The zero-order chi connectivity index (χ0) is 70.1. The van der Waals surface area contributed by atoms with E-state index in [9.17, 15) is 46.8 Å². The molecule has 0 aliphatic heterocycles. The molecule has 0 spiro atoms. The van der Waals surface area contributed by atoms with E-state index < -0.39 is 82.2 Å². The van der Waals surface area contributed by atoms with Crippen LogP contribution in [-0.2, 0) is 76.7 Å². The average molecular weight is 1460 g/mol. The molecule has 13 nitrogen and oxygen atoms in total. The molecule has 0 heterocycles. The Hall–Kier alpha value is -9.56. The lowest BCUT2D eigenvalue weighted by molar-refractivity contribution is -0.0518. The number of benzene rings is 12. The van der Waals surface area contributed by atoms with Crippen LogP contribution in [0.1, 0.15) is 22.3 Å². The minimum Gasteiger partial charge on any atom is -0.741 e. The van der Waals surface area contributed by atoms with Gasteiger partial charge in [0.25, 0.3) is 0 Å². The van der Waals surface area contributed by atoms with Gasteiger partial charge in [-0.3, -0.25) is 0 Å². The van der Waals surface area contributed by atoms with Crippen LogP contribution < -0.4 is 9.47 Å². The van der Waals surface area contributed by atoms with Gasteiger partial charge in [0.2, 0.25) is 39.3 Å². The molecule has 0 saturated carbocycles. The van der Waals surface area contributed by atoms with Gasteiger partial charge in [-0.25, -0.2) is 42.1 Å². The van der Waals surface area contributed by atoms with E-state index in [1.807, 2.05) is 72.8 Å². The number of sulfone groups is 4. The molecular weight excluding hydrogens is 1400 g/mol. The average Bonchev–Trinajstić information content (AvgIpc) is 1.54. The lowest BCUT2D eigenvalue weighted by atomic mass is 9.67. The summed E-state index contributed by atoms with van der Waals surface area (Å²) >= 11 is 0. The van der Waals surface area contributed by atoms with E-state index in [0.717, 1.165) is 62.8 Å². The maximum absolute atomic E-state index is 14.1. The summed E-state index contributed by atoms with van der Waals surface area (Å²) in [4.78, 5) is 5.94. The Labute approximate surface area is 578 Å². The van der Waals surface area contributed by atoms with Gasteiger partial charge in [0.1, 0.15) is 11.5 Å². The molecule has 0 amide bonds. The van der Waals surface area contributed by atoms with Crippen molar-refractivity contribution in [3.05, 3.63) is 326 Å². The minimum absolute atomic E-state index is 0.119. The first-order chi connectivity index (χ1) is 47.3. The standard InChI is InChI=1S/C75H56O10S6.CHF3O3S/c1-84-55-27-23-53(24-28-55)75(54-25-29-56(85-2)30-26-54)73-51-61(86(57-31-41-67(42-32-57)88(76,77)63-15-7-3-8-16-63)58-33-43-68(44-34-58)89(78,79)64-17-9-4-10-18-64)39-49-71(73)72-50-40-62(52-74(72)75)87(59-35-45-69(46-36-59)90(80,81)65-19-11-5-12-20-65)60-37-47-70(48-38-60)91(82,83)66-21-13-6-14-22-66;2-1(3,4)8(5,6)7/h3-52H,1-2H3;(H,5,6,7)/q+2;/p-1. The summed E-state index contributed by atoms with van der Waals surface area (Å²) in [6, 6.07) is 89.6. The van der Waals surface area contributed by atoms with Gasteiger partial charge < -0.3 is 14.0 Å². The molecule has 12 aromatic rings. The number of alkyl halides is 3. The molecule has 0 bridgehead atoms. The Morgan fingerprint density at radius 3 is 0.727 bits per heavy atom. The summed E-state index contributed by atoms with van der Waals surface area (Å²) in [6.45, 7) is 0. The minimum atomic E-state index is -6.09. The Kier molecular flexibility index (Phi) is 19.4. The molecule has 500 valence electrons. The summed E-state index contributed by atoms with van der Waals surface area (Å²) in [7, 11) is -20.4. The van der Waals surface area contributed by atoms with E-state index in [0.29, 0.717) is 11.5 Å². The van der Waals surface area contributed by atoms with Gasteiger partial charge in [-0.1, -0.05) is 97.1 Å². The second-order valence-electron chi connectivity index (χ2n) is 22.3. The van der Waals surface area contributed by atoms with Crippen molar-refractivity contribution in [3.63, 3.8) is 0 Å². The summed E-state index contributed by atoms with van der Waals surface area (Å²) in [6.07, 6.45) is 0. The van der Waals surface area contributed by atoms with Gasteiger partial charge >= 0.3 is 5.51 Å². The lowest BCUT2D eigenvalue weighted by Crippen LogP contribution is -2.29. The molecule has 0 unspecified atom stereocenters. The van der Waals surface area contributed by atoms with E-state index in [1.165, 1.54) is 0 Å². The van der Waals surface area contributed by atoms with Crippen molar-refractivity contribution in [2.75, 3.05) is 14.2 Å². The third-order valence-electron chi connectivity index (χ3n) is 16.6. The smallest absolute Gasteiger partial charge is 0.485 e. The fourth-order valence-corrected chi connectivity index (χ4v) is 21.1. The summed E-state index contributed by atoms with van der Waals surface area (Å²) in [5.74, 6) is 1.28. The Morgan fingerprint density at radius 2 is 0.515 bits per heavy atom. The van der Waals surface area contributed by atoms with Crippen LogP contribution in [0.3, 0.4) is 0 Å². The lowest BCUT2D eigenvalue weighted by Gasteiger charge is -2.34. The normalized spacial score (nSPS) is 13.0. The number of hydrogen-bond acceptors (Lipinski definition) is 13. The molecule has 0 saturated heterocycles. The molecule has 0 atom stereocenters. The molecule has 0 aromatic heterocycles.